The van der Waals surface area contributed by atoms with Crippen molar-refractivity contribution in [3.05, 3.63) is 83.9 Å². The van der Waals surface area contributed by atoms with Gasteiger partial charge < -0.3 is 5.32 Å². The highest BCUT2D eigenvalue weighted by Crippen LogP contribution is 2.27. The predicted molar refractivity (Wildman–Crippen MR) is 133 cm³/mol. The number of carbonyl (C=O) groups is 1. The highest BCUT2D eigenvalue weighted by molar-refractivity contribution is 8.00. The van der Waals surface area contributed by atoms with Crippen molar-refractivity contribution in [3.63, 3.8) is 0 Å². The molecule has 2 N–H and O–H groups in total. The Bertz CT molecular complexity index is 1160. The van der Waals surface area contributed by atoms with Crippen molar-refractivity contribution < 1.29 is 13.2 Å². The summed E-state index contributed by atoms with van der Waals surface area (Å²) in [5.41, 5.74) is 3.46. The average molecular weight is 469 g/mol. The molecule has 0 spiro atoms. The van der Waals surface area contributed by atoms with Crippen molar-refractivity contribution in [1.82, 2.24) is 0 Å². The first-order valence-electron chi connectivity index (χ1n) is 10.4. The molecule has 0 fully saturated rings. The Hall–Kier alpha value is -2.77. The van der Waals surface area contributed by atoms with Crippen LogP contribution in [0.15, 0.2) is 82.6 Å². The third-order valence-electron chi connectivity index (χ3n) is 4.96. The van der Waals surface area contributed by atoms with Crippen LogP contribution in [0, 0.1) is 6.92 Å². The second-order valence-corrected chi connectivity index (χ2v) is 11.1. The van der Waals surface area contributed by atoms with E-state index in [0.29, 0.717) is 11.6 Å². The molecule has 0 aliphatic heterocycles. The van der Waals surface area contributed by atoms with Crippen molar-refractivity contribution >= 4 is 39.1 Å². The van der Waals surface area contributed by atoms with Gasteiger partial charge in [-0.2, -0.15) is 0 Å². The molecule has 0 radical (unpaired) electrons. The van der Waals surface area contributed by atoms with Crippen LogP contribution in [0.1, 0.15) is 37.8 Å². The fourth-order valence-electron chi connectivity index (χ4n) is 2.99. The number of benzene rings is 3. The first-order chi connectivity index (χ1) is 15.1. The van der Waals surface area contributed by atoms with E-state index in [1.165, 1.54) is 17.3 Å². The number of anilines is 2. The molecular formula is C25H28N2O3S2. The van der Waals surface area contributed by atoms with Crippen molar-refractivity contribution in [3.8, 4) is 0 Å². The highest BCUT2D eigenvalue weighted by Gasteiger charge is 2.16. The number of hydrogen-bond acceptors (Lipinski definition) is 4. The van der Waals surface area contributed by atoms with Gasteiger partial charge >= 0.3 is 0 Å². The summed E-state index contributed by atoms with van der Waals surface area (Å²) in [6, 6.07) is 21.6. The SMILES string of the molecule is Cc1ccc(S(=O)(=O)Nc2ccc(SC(C)C(=O)Nc3ccc(C(C)C)cc3)cc2)cc1. The number of sulfonamides is 1. The molecular weight excluding hydrogens is 440 g/mol. The Morgan fingerprint density at radius 3 is 1.94 bits per heavy atom. The molecule has 0 aliphatic rings. The molecule has 3 aromatic rings. The number of thioether (sulfide) groups is 1. The van der Waals surface area contributed by atoms with E-state index in [1.54, 1.807) is 48.5 Å². The largest absolute Gasteiger partial charge is 0.325 e. The Morgan fingerprint density at radius 1 is 0.812 bits per heavy atom. The summed E-state index contributed by atoms with van der Waals surface area (Å²) in [4.78, 5) is 13.6. The Balaban J connectivity index is 1.58. The molecule has 168 valence electrons. The Kier molecular flexibility index (Phi) is 7.64. The number of amides is 1. The van der Waals surface area contributed by atoms with Gasteiger partial charge in [-0.05, 0) is 73.9 Å². The molecule has 0 aromatic heterocycles. The quantitative estimate of drug-likeness (QED) is 0.395. The van der Waals surface area contributed by atoms with E-state index in [-0.39, 0.29) is 16.1 Å². The average Bonchev–Trinajstić information content (AvgIpc) is 2.75. The summed E-state index contributed by atoms with van der Waals surface area (Å²) >= 11 is 1.41. The summed E-state index contributed by atoms with van der Waals surface area (Å²) in [7, 11) is -3.64. The summed E-state index contributed by atoms with van der Waals surface area (Å²) in [6.07, 6.45) is 0. The van der Waals surface area contributed by atoms with Crippen molar-refractivity contribution in [1.29, 1.82) is 0 Å². The lowest BCUT2D eigenvalue weighted by Gasteiger charge is -2.14. The predicted octanol–water partition coefficient (Wildman–Crippen LogP) is 6.04. The van der Waals surface area contributed by atoms with Crippen LogP contribution in [0.4, 0.5) is 11.4 Å². The van der Waals surface area contributed by atoms with Crippen molar-refractivity contribution in [2.45, 2.75) is 48.7 Å². The molecule has 1 atom stereocenters. The molecule has 3 aromatic carbocycles. The van der Waals surface area contributed by atoms with Gasteiger partial charge in [-0.25, -0.2) is 8.42 Å². The van der Waals surface area contributed by atoms with Gasteiger partial charge in [-0.1, -0.05) is 43.7 Å². The van der Waals surface area contributed by atoms with Gasteiger partial charge in [0.05, 0.1) is 10.1 Å². The highest BCUT2D eigenvalue weighted by atomic mass is 32.2. The second kappa shape index (κ2) is 10.2. The van der Waals surface area contributed by atoms with E-state index in [0.717, 1.165) is 16.1 Å². The smallest absolute Gasteiger partial charge is 0.261 e. The molecule has 0 heterocycles. The lowest BCUT2D eigenvalue weighted by molar-refractivity contribution is -0.115. The molecule has 3 rings (SSSR count). The summed E-state index contributed by atoms with van der Waals surface area (Å²) < 4.78 is 27.6. The van der Waals surface area contributed by atoms with Crippen LogP contribution in [0.2, 0.25) is 0 Å². The minimum absolute atomic E-state index is 0.0866. The number of aryl methyl sites for hydroxylation is 1. The third kappa shape index (κ3) is 6.37. The maximum absolute atomic E-state index is 12.5. The maximum Gasteiger partial charge on any atom is 0.261 e. The Labute approximate surface area is 194 Å². The van der Waals surface area contributed by atoms with Gasteiger partial charge in [0, 0.05) is 16.3 Å². The van der Waals surface area contributed by atoms with Crippen molar-refractivity contribution in [2.24, 2.45) is 0 Å². The van der Waals surface area contributed by atoms with Crippen LogP contribution >= 0.6 is 11.8 Å². The van der Waals surface area contributed by atoms with Crippen molar-refractivity contribution in [2.75, 3.05) is 10.0 Å². The van der Waals surface area contributed by atoms with Crippen LogP contribution in [0.25, 0.3) is 0 Å². The summed E-state index contributed by atoms with van der Waals surface area (Å²) in [5, 5.41) is 2.63. The molecule has 1 unspecified atom stereocenters. The van der Waals surface area contributed by atoms with E-state index in [2.05, 4.69) is 23.9 Å². The van der Waals surface area contributed by atoms with E-state index < -0.39 is 10.0 Å². The van der Waals surface area contributed by atoms with Crippen LogP contribution < -0.4 is 10.0 Å². The summed E-state index contributed by atoms with van der Waals surface area (Å²) in [5.74, 6) is 0.356. The minimum atomic E-state index is -3.64. The molecule has 0 bridgehead atoms. The zero-order valence-corrected chi connectivity index (χ0v) is 20.3. The van der Waals surface area contributed by atoms with Gasteiger partial charge in [-0.15, -0.1) is 11.8 Å². The zero-order chi connectivity index (χ0) is 23.3. The van der Waals surface area contributed by atoms with E-state index in [1.807, 2.05) is 38.1 Å². The van der Waals surface area contributed by atoms with E-state index in [4.69, 9.17) is 0 Å². The monoisotopic (exact) mass is 468 g/mol. The first kappa shape index (κ1) is 23.9. The van der Waals surface area contributed by atoms with Gasteiger partial charge in [-0.3, -0.25) is 9.52 Å². The fourth-order valence-corrected chi connectivity index (χ4v) is 4.91. The lowest BCUT2D eigenvalue weighted by atomic mass is 10.0. The zero-order valence-electron chi connectivity index (χ0n) is 18.6. The molecule has 0 saturated carbocycles. The fraction of sp³-hybridized carbons (Fsp3) is 0.240. The standard InChI is InChI=1S/C25H28N2O3S2/c1-17(2)20-7-9-21(10-8-20)26-25(28)19(4)31-23-13-11-22(12-14-23)27-32(29,30)24-15-5-18(3)6-16-24/h5-17,19,27H,1-4H3,(H,26,28). The van der Waals surface area contributed by atoms with Gasteiger partial charge in [0.25, 0.3) is 10.0 Å². The number of carbonyl (C=O) groups excluding carboxylic acids is 1. The second-order valence-electron chi connectivity index (χ2n) is 7.97. The topological polar surface area (TPSA) is 75.3 Å². The lowest BCUT2D eigenvalue weighted by Crippen LogP contribution is -2.22. The third-order valence-corrected chi connectivity index (χ3v) is 7.47. The van der Waals surface area contributed by atoms with Gasteiger partial charge in [0.2, 0.25) is 5.91 Å². The van der Waals surface area contributed by atoms with E-state index in [9.17, 15) is 13.2 Å². The normalized spacial score (nSPS) is 12.4. The number of nitrogens with one attached hydrogen (secondary N) is 2. The minimum Gasteiger partial charge on any atom is -0.325 e. The Morgan fingerprint density at radius 2 is 1.38 bits per heavy atom. The molecule has 0 aliphatic carbocycles. The van der Waals surface area contributed by atoms with Crippen LogP contribution in [0.5, 0.6) is 0 Å². The molecule has 0 saturated heterocycles. The molecule has 5 nitrogen and oxygen atoms in total. The first-order valence-corrected chi connectivity index (χ1v) is 12.8. The van der Waals surface area contributed by atoms with E-state index >= 15 is 0 Å². The summed E-state index contributed by atoms with van der Waals surface area (Å²) in [6.45, 7) is 8.01. The van der Waals surface area contributed by atoms with Crippen LogP contribution in [-0.2, 0) is 14.8 Å². The van der Waals surface area contributed by atoms with Crippen LogP contribution in [-0.4, -0.2) is 19.6 Å². The number of rotatable bonds is 8. The molecule has 1 amide bonds. The van der Waals surface area contributed by atoms with Crippen LogP contribution in [0.3, 0.4) is 0 Å². The number of hydrogen-bond donors (Lipinski definition) is 2. The molecule has 32 heavy (non-hydrogen) atoms. The van der Waals surface area contributed by atoms with Gasteiger partial charge in [0.15, 0.2) is 0 Å². The van der Waals surface area contributed by atoms with Gasteiger partial charge in [0.1, 0.15) is 0 Å². The molecule has 7 heteroatoms. The maximum atomic E-state index is 12.5.